The maximum Gasteiger partial charge on any atom is 0.328 e. The molecule has 2 aliphatic carbocycles. The van der Waals surface area contributed by atoms with E-state index in [2.05, 4.69) is 22.6 Å². The van der Waals surface area contributed by atoms with Crippen molar-refractivity contribution in [3.05, 3.63) is 76.5 Å². The third-order valence-corrected chi connectivity index (χ3v) is 9.60. The number of hydrogen-bond donors (Lipinski definition) is 4. The number of aryl methyl sites for hydroxylation is 2. The second kappa shape index (κ2) is 13.5. The minimum atomic E-state index is -3.01. The van der Waals surface area contributed by atoms with Crippen LogP contribution < -0.4 is 15.0 Å². The molecule has 241 valence electrons. The molecule has 0 spiro atoms. The predicted molar refractivity (Wildman–Crippen MR) is 166 cm³/mol. The normalized spacial score (nSPS) is 19.8. The van der Waals surface area contributed by atoms with Gasteiger partial charge < -0.3 is 29.6 Å². The lowest BCUT2D eigenvalue weighted by Crippen LogP contribution is -2.55. The van der Waals surface area contributed by atoms with E-state index < -0.39 is 41.5 Å². The number of carbonyl (C=O) groups is 1. The molecular weight excluding hydrogens is 600 g/mol. The Bertz CT molecular complexity index is 1550. The summed E-state index contributed by atoms with van der Waals surface area (Å²) in [4.78, 5) is 22.2. The van der Waals surface area contributed by atoms with E-state index in [1.54, 1.807) is 6.20 Å². The van der Waals surface area contributed by atoms with Crippen molar-refractivity contribution in [2.75, 3.05) is 38.4 Å². The summed E-state index contributed by atoms with van der Waals surface area (Å²) in [6.45, 7) is 2.94. The molecule has 0 amide bonds. The van der Waals surface area contributed by atoms with Gasteiger partial charge in [0.1, 0.15) is 29.9 Å². The quantitative estimate of drug-likeness (QED) is 0.110. The van der Waals surface area contributed by atoms with Gasteiger partial charge in [-0.05, 0) is 83.3 Å². The molecule has 11 nitrogen and oxygen atoms in total. The molecule has 1 heterocycles. The molecule has 4 N–H and O–H groups in total. The average Bonchev–Trinajstić information content (AvgIpc) is 3.59. The van der Waals surface area contributed by atoms with Crippen molar-refractivity contribution >= 4 is 16.2 Å². The van der Waals surface area contributed by atoms with Gasteiger partial charge in [0, 0.05) is 29.2 Å². The number of hydroxylamine groups is 1. The van der Waals surface area contributed by atoms with E-state index in [9.17, 15) is 28.9 Å². The highest BCUT2D eigenvalue weighted by Crippen LogP contribution is 2.61. The summed E-state index contributed by atoms with van der Waals surface area (Å²) in [6, 6.07) is 14.0. The second-order valence-corrected chi connectivity index (χ2v) is 14.4. The molecule has 2 aliphatic rings. The van der Waals surface area contributed by atoms with E-state index in [1.165, 1.54) is 6.26 Å². The Morgan fingerprint density at radius 2 is 1.78 bits per heavy atom. The Morgan fingerprint density at radius 3 is 2.44 bits per heavy atom. The number of aliphatic hydroxyl groups excluding tert-OH is 3. The summed E-state index contributed by atoms with van der Waals surface area (Å²) >= 11 is 0. The van der Waals surface area contributed by atoms with Gasteiger partial charge in [0.25, 0.3) is 10.2 Å². The van der Waals surface area contributed by atoms with Crippen LogP contribution in [0.2, 0.25) is 0 Å². The number of aromatic nitrogens is 1. The molecular formula is C33H40N2O9S+. The molecule has 0 aliphatic heterocycles. The first-order valence-electron chi connectivity index (χ1n) is 14.9. The summed E-state index contributed by atoms with van der Waals surface area (Å²) in [5.41, 5.74) is 8.17. The van der Waals surface area contributed by atoms with Gasteiger partial charge >= 0.3 is 5.97 Å². The third kappa shape index (κ3) is 7.54. The Labute approximate surface area is 263 Å². The molecule has 0 saturated heterocycles. The Balaban J connectivity index is 1.17. The fourth-order valence-electron chi connectivity index (χ4n) is 6.09. The molecule has 45 heavy (non-hydrogen) atoms. The van der Waals surface area contributed by atoms with Crippen LogP contribution in [0.4, 0.5) is 0 Å². The smallest absolute Gasteiger partial charge is 0.328 e. The van der Waals surface area contributed by atoms with Gasteiger partial charge in [-0.1, -0.05) is 22.4 Å². The molecule has 0 bridgehead atoms. The van der Waals surface area contributed by atoms with Crippen LogP contribution in [-0.2, 0) is 41.6 Å². The largest absolute Gasteiger partial charge is 0.493 e. The van der Waals surface area contributed by atoms with Crippen molar-refractivity contribution < 1.29 is 43.2 Å². The van der Waals surface area contributed by atoms with Crippen LogP contribution in [0.1, 0.15) is 40.2 Å². The topological polar surface area (TPSA) is 167 Å². The van der Waals surface area contributed by atoms with Crippen molar-refractivity contribution in [3.8, 4) is 22.8 Å². The maximum absolute atomic E-state index is 12.6. The lowest BCUT2D eigenvalue weighted by molar-refractivity contribution is -0.163. The first-order chi connectivity index (χ1) is 21.5. The van der Waals surface area contributed by atoms with Gasteiger partial charge in [0.15, 0.2) is 0 Å². The van der Waals surface area contributed by atoms with Crippen LogP contribution in [0.3, 0.4) is 0 Å². The Morgan fingerprint density at radius 1 is 1.07 bits per heavy atom. The number of benzene rings is 2. The summed E-state index contributed by atoms with van der Waals surface area (Å²) in [5.74, 6) is 0.566. The summed E-state index contributed by atoms with van der Waals surface area (Å²) < 4.78 is 34.6. The number of rotatable bonds is 15. The molecule has 3 aromatic rings. The van der Waals surface area contributed by atoms with E-state index >= 15 is 0 Å². The number of carbonyl (C=O) groups excluding carboxylic acids is 1. The monoisotopic (exact) mass is 640 g/mol. The zero-order valence-electron chi connectivity index (χ0n) is 25.7. The molecule has 2 aromatic carbocycles. The van der Waals surface area contributed by atoms with Gasteiger partial charge in [0.05, 0.1) is 32.3 Å². The van der Waals surface area contributed by atoms with Crippen molar-refractivity contribution in [2.24, 2.45) is 11.8 Å². The second-order valence-electron chi connectivity index (χ2n) is 12.2. The van der Waals surface area contributed by atoms with Crippen LogP contribution in [0.15, 0.2) is 48.7 Å². The maximum atomic E-state index is 12.6. The predicted octanol–water partition coefficient (Wildman–Crippen LogP) is 2.84. The van der Waals surface area contributed by atoms with Crippen LogP contribution in [-0.4, -0.2) is 70.2 Å². The third-order valence-electron chi connectivity index (χ3n) is 8.57. The minimum absolute atomic E-state index is 0.00457. The number of fused-ring (bicyclic) bond motifs is 3. The number of aliphatic hydroxyl groups is 3. The van der Waals surface area contributed by atoms with Crippen LogP contribution in [0.5, 0.6) is 11.6 Å². The lowest BCUT2D eigenvalue weighted by atomic mass is 9.94. The van der Waals surface area contributed by atoms with Crippen molar-refractivity contribution in [3.63, 3.8) is 0 Å². The number of nitrogens with one attached hydrogen (secondary N) is 1. The van der Waals surface area contributed by atoms with Crippen molar-refractivity contribution in [2.45, 2.75) is 44.8 Å². The van der Waals surface area contributed by atoms with Gasteiger partial charge in [0.2, 0.25) is 5.88 Å². The van der Waals surface area contributed by atoms with Crippen molar-refractivity contribution in [1.82, 2.24) is 10.5 Å². The van der Waals surface area contributed by atoms with Crippen LogP contribution in [0.25, 0.3) is 11.1 Å². The number of pyridine rings is 1. The van der Waals surface area contributed by atoms with Gasteiger partial charge in [-0.25, -0.2) is 4.98 Å². The molecule has 1 unspecified atom stereocenters. The standard InChI is InChI=1S/C33H40N2O9S/c1-20-10-25(42-8-5-9-45(3,40)41)11-21(2)29(20)23-7-4-6-22(12-23)16-43-28-14-24-13-26-30(27(24)15-34-28)31(26)32(39)44-35-33(17-36,18-37)19-38/h4,6-7,10-12,14-15,26,30-31,35-38H,5,8-9,13,16-19H2,1-3H3/q+1/t26-,30-,31+/m1/s1. The number of nitrogens with zero attached hydrogens (tertiary/aromatic N) is 1. The molecule has 5 rings (SSSR count). The summed E-state index contributed by atoms with van der Waals surface area (Å²) in [6.07, 6.45) is 4.11. The molecule has 4 atom stereocenters. The summed E-state index contributed by atoms with van der Waals surface area (Å²) in [5, 5.41) is 28.2. The van der Waals surface area contributed by atoms with Gasteiger partial charge in [-0.3, -0.25) is 4.79 Å². The van der Waals surface area contributed by atoms with E-state index in [-0.39, 0.29) is 23.5 Å². The Hall–Kier alpha value is -3.39. The first-order valence-corrected chi connectivity index (χ1v) is 17.0. The summed E-state index contributed by atoms with van der Waals surface area (Å²) in [7, 11) is -3.01. The van der Waals surface area contributed by atoms with E-state index in [4.69, 9.17) is 14.3 Å². The number of sulfone groups is 1. The highest BCUT2D eigenvalue weighted by atomic mass is 32.3. The zero-order chi connectivity index (χ0) is 32.4. The highest BCUT2D eigenvalue weighted by Gasteiger charge is 2.61. The van der Waals surface area contributed by atoms with Crippen LogP contribution >= 0.6 is 0 Å². The van der Waals surface area contributed by atoms with Crippen molar-refractivity contribution in [1.29, 1.82) is 0 Å². The Kier molecular flexibility index (Phi) is 9.92. The van der Waals surface area contributed by atoms with Crippen LogP contribution in [0, 0.1) is 25.7 Å². The number of ether oxygens (including phenoxy) is 2. The lowest BCUT2D eigenvalue weighted by Gasteiger charge is -2.27. The van der Waals surface area contributed by atoms with E-state index in [0.717, 1.165) is 38.9 Å². The molecule has 1 radical (unpaired) electrons. The number of hydrogen-bond acceptors (Lipinski definition) is 10. The SMILES string of the molecule is Cc1cc(OCCC[S+](C)([O])=O)cc(C)c1-c1cccc(COc2cc3c(cn2)[C@H]2[C@@H](C3)[C@@H]2C(=O)ONC(CO)(CO)CO)c1. The first kappa shape index (κ1) is 33.0. The fourth-order valence-corrected chi connectivity index (χ4v) is 6.73. The van der Waals surface area contributed by atoms with Gasteiger partial charge in [-0.15, -0.1) is 5.48 Å². The molecule has 1 saturated carbocycles. The zero-order valence-corrected chi connectivity index (χ0v) is 26.5. The van der Waals surface area contributed by atoms with E-state index in [0.29, 0.717) is 37.7 Å². The average molecular weight is 641 g/mol. The molecule has 1 fully saturated rings. The highest BCUT2D eigenvalue weighted by molar-refractivity contribution is 7.96. The molecule has 1 aromatic heterocycles. The van der Waals surface area contributed by atoms with E-state index in [1.807, 2.05) is 44.2 Å². The minimum Gasteiger partial charge on any atom is -0.493 e. The van der Waals surface area contributed by atoms with Gasteiger partial charge in [-0.2, -0.15) is 0 Å². The fraction of sp³-hybridized carbons (Fsp3) is 0.455. The molecule has 12 heteroatoms.